The standard InChI is InChI=1S/C16H28N4S/c1-11-13(14(17)21)15(19(5)18-11)20-9-6-7-12(8-10-20)16(2,3)4/h12H,6-10H2,1-5H3,(H2,17,21). The van der Waals surface area contributed by atoms with Crippen LogP contribution in [0.5, 0.6) is 0 Å². The molecule has 0 bridgehead atoms. The van der Waals surface area contributed by atoms with Crippen LogP contribution in [0.25, 0.3) is 0 Å². The average molecular weight is 308 g/mol. The van der Waals surface area contributed by atoms with E-state index in [0.717, 1.165) is 36.1 Å². The fourth-order valence-electron chi connectivity index (χ4n) is 3.47. The van der Waals surface area contributed by atoms with E-state index in [1.54, 1.807) is 0 Å². The lowest BCUT2D eigenvalue weighted by molar-refractivity contribution is 0.220. The molecule has 0 aliphatic carbocycles. The molecule has 1 aliphatic rings. The van der Waals surface area contributed by atoms with Crippen LogP contribution in [0.2, 0.25) is 0 Å². The van der Waals surface area contributed by atoms with Crippen LogP contribution in [-0.2, 0) is 7.05 Å². The van der Waals surface area contributed by atoms with E-state index >= 15 is 0 Å². The van der Waals surface area contributed by atoms with Gasteiger partial charge in [-0.1, -0.05) is 33.0 Å². The molecule has 1 aliphatic heterocycles. The van der Waals surface area contributed by atoms with Crippen LogP contribution in [0, 0.1) is 18.3 Å². The molecular formula is C16H28N4S. The molecule has 1 unspecified atom stereocenters. The van der Waals surface area contributed by atoms with E-state index in [1.807, 2.05) is 18.7 Å². The number of thiocarbonyl (C=S) groups is 1. The second kappa shape index (κ2) is 5.95. The van der Waals surface area contributed by atoms with Crippen LogP contribution in [-0.4, -0.2) is 27.9 Å². The molecule has 0 amide bonds. The Morgan fingerprint density at radius 1 is 1.29 bits per heavy atom. The number of aryl methyl sites for hydroxylation is 2. The van der Waals surface area contributed by atoms with E-state index in [4.69, 9.17) is 18.0 Å². The molecule has 2 rings (SSSR count). The molecule has 5 heteroatoms. The highest BCUT2D eigenvalue weighted by Gasteiger charge is 2.29. The molecule has 4 nitrogen and oxygen atoms in total. The van der Waals surface area contributed by atoms with Crippen molar-refractivity contribution in [2.75, 3.05) is 18.0 Å². The zero-order chi connectivity index (χ0) is 15.8. The molecule has 1 saturated heterocycles. The van der Waals surface area contributed by atoms with Gasteiger partial charge in [-0.15, -0.1) is 0 Å². The lowest BCUT2D eigenvalue weighted by atomic mass is 9.77. The highest BCUT2D eigenvalue weighted by molar-refractivity contribution is 7.80. The third kappa shape index (κ3) is 3.39. The maximum absolute atomic E-state index is 5.92. The van der Waals surface area contributed by atoms with Gasteiger partial charge in [0, 0.05) is 20.1 Å². The Hall–Kier alpha value is -1.10. The third-order valence-electron chi connectivity index (χ3n) is 4.69. The SMILES string of the molecule is Cc1nn(C)c(N2CCCC(C(C)(C)C)CC2)c1C(N)=S. The molecule has 0 spiro atoms. The maximum atomic E-state index is 5.92. The second-order valence-corrected chi connectivity index (χ2v) is 7.69. The quantitative estimate of drug-likeness (QED) is 0.853. The summed E-state index contributed by atoms with van der Waals surface area (Å²) in [5.41, 5.74) is 8.18. The van der Waals surface area contributed by atoms with Gasteiger partial charge in [0.05, 0.1) is 11.3 Å². The van der Waals surface area contributed by atoms with E-state index in [1.165, 1.54) is 19.3 Å². The average Bonchev–Trinajstić information content (AvgIpc) is 2.54. The first-order chi connectivity index (χ1) is 9.71. The summed E-state index contributed by atoms with van der Waals surface area (Å²) in [4.78, 5) is 2.87. The predicted molar refractivity (Wildman–Crippen MR) is 92.8 cm³/mol. The second-order valence-electron chi connectivity index (χ2n) is 7.25. The van der Waals surface area contributed by atoms with E-state index in [0.29, 0.717) is 10.4 Å². The number of nitrogens with two attached hydrogens (primary N) is 1. The molecule has 0 radical (unpaired) electrons. The van der Waals surface area contributed by atoms with Crippen molar-refractivity contribution in [3.05, 3.63) is 11.3 Å². The fourth-order valence-corrected chi connectivity index (χ4v) is 3.71. The summed E-state index contributed by atoms with van der Waals surface area (Å²) in [6, 6.07) is 0. The van der Waals surface area contributed by atoms with Crippen LogP contribution in [0.15, 0.2) is 0 Å². The molecule has 0 saturated carbocycles. The first kappa shape index (κ1) is 16.3. The smallest absolute Gasteiger partial charge is 0.137 e. The van der Waals surface area contributed by atoms with Crippen LogP contribution in [0.3, 0.4) is 0 Å². The van der Waals surface area contributed by atoms with Crippen molar-refractivity contribution in [1.82, 2.24) is 9.78 Å². The lowest BCUT2D eigenvalue weighted by Gasteiger charge is -2.30. The summed E-state index contributed by atoms with van der Waals surface area (Å²) in [6.07, 6.45) is 3.71. The molecule has 118 valence electrons. The number of nitrogens with zero attached hydrogens (tertiary/aromatic N) is 3. The van der Waals surface area contributed by atoms with Gasteiger partial charge in [0.15, 0.2) is 0 Å². The summed E-state index contributed by atoms with van der Waals surface area (Å²) in [7, 11) is 1.98. The Morgan fingerprint density at radius 3 is 2.52 bits per heavy atom. The largest absolute Gasteiger partial charge is 0.389 e. The predicted octanol–water partition coefficient (Wildman–Crippen LogP) is 3.02. The van der Waals surface area contributed by atoms with Gasteiger partial charge in [-0.3, -0.25) is 4.68 Å². The first-order valence-electron chi connectivity index (χ1n) is 7.80. The van der Waals surface area contributed by atoms with Gasteiger partial charge in [0.25, 0.3) is 0 Å². The van der Waals surface area contributed by atoms with E-state index in [9.17, 15) is 0 Å². The zero-order valence-electron chi connectivity index (χ0n) is 13.9. The fraction of sp³-hybridized carbons (Fsp3) is 0.750. The molecule has 21 heavy (non-hydrogen) atoms. The van der Waals surface area contributed by atoms with E-state index in [2.05, 4.69) is 30.8 Å². The highest BCUT2D eigenvalue weighted by Crippen LogP contribution is 2.36. The molecular weight excluding hydrogens is 280 g/mol. The van der Waals surface area contributed by atoms with Gasteiger partial charge in [0.2, 0.25) is 0 Å². The summed E-state index contributed by atoms with van der Waals surface area (Å²) in [6.45, 7) is 11.1. The summed E-state index contributed by atoms with van der Waals surface area (Å²) >= 11 is 5.23. The Bertz CT molecular complexity index is 527. The van der Waals surface area contributed by atoms with Crippen LogP contribution >= 0.6 is 12.2 Å². The number of aromatic nitrogens is 2. The van der Waals surface area contributed by atoms with Crippen LogP contribution in [0.4, 0.5) is 5.82 Å². The molecule has 0 aromatic carbocycles. The zero-order valence-corrected chi connectivity index (χ0v) is 14.8. The van der Waals surface area contributed by atoms with Crippen molar-refractivity contribution in [3.63, 3.8) is 0 Å². The van der Waals surface area contributed by atoms with Gasteiger partial charge in [0.1, 0.15) is 10.8 Å². The summed E-state index contributed by atoms with van der Waals surface area (Å²) in [5, 5.41) is 4.51. The minimum absolute atomic E-state index is 0.379. The van der Waals surface area contributed by atoms with Crippen molar-refractivity contribution in [3.8, 4) is 0 Å². The third-order valence-corrected chi connectivity index (χ3v) is 4.89. The van der Waals surface area contributed by atoms with E-state index < -0.39 is 0 Å². The van der Waals surface area contributed by atoms with Crippen LogP contribution < -0.4 is 10.6 Å². The first-order valence-corrected chi connectivity index (χ1v) is 8.21. The van der Waals surface area contributed by atoms with Gasteiger partial charge in [-0.25, -0.2) is 0 Å². The Labute approximate surface area is 133 Å². The summed E-state index contributed by atoms with van der Waals surface area (Å²) in [5.74, 6) is 1.86. The Balaban J connectivity index is 2.26. The van der Waals surface area contributed by atoms with E-state index in [-0.39, 0.29) is 0 Å². The highest BCUT2D eigenvalue weighted by atomic mass is 32.1. The normalized spacial score (nSPS) is 20.4. The van der Waals surface area contributed by atoms with Crippen molar-refractivity contribution < 1.29 is 0 Å². The monoisotopic (exact) mass is 308 g/mol. The maximum Gasteiger partial charge on any atom is 0.137 e. The molecule has 1 atom stereocenters. The topological polar surface area (TPSA) is 47.1 Å². The summed E-state index contributed by atoms with van der Waals surface area (Å²) < 4.78 is 1.93. The van der Waals surface area contributed by atoms with Crippen LogP contribution in [0.1, 0.15) is 51.3 Å². The lowest BCUT2D eigenvalue weighted by Crippen LogP contribution is -2.29. The minimum atomic E-state index is 0.379. The Kier molecular flexibility index (Phi) is 4.61. The number of hydrogen-bond donors (Lipinski definition) is 1. The van der Waals surface area contributed by atoms with Crippen molar-refractivity contribution in [1.29, 1.82) is 0 Å². The van der Waals surface area contributed by atoms with Gasteiger partial charge >= 0.3 is 0 Å². The molecule has 1 aromatic rings. The number of rotatable bonds is 2. The number of hydrogen-bond acceptors (Lipinski definition) is 3. The molecule has 1 fully saturated rings. The molecule has 2 heterocycles. The molecule has 2 N–H and O–H groups in total. The number of anilines is 1. The van der Waals surface area contributed by atoms with Gasteiger partial charge < -0.3 is 10.6 Å². The Morgan fingerprint density at radius 2 is 1.95 bits per heavy atom. The van der Waals surface area contributed by atoms with Crippen molar-refractivity contribution >= 4 is 23.0 Å². The van der Waals surface area contributed by atoms with Gasteiger partial charge in [-0.2, -0.15) is 5.10 Å². The van der Waals surface area contributed by atoms with Crippen molar-refractivity contribution in [2.24, 2.45) is 24.1 Å². The van der Waals surface area contributed by atoms with Crippen molar-refractivity contribution in [2.45, 2.75) is 47.0 Å². The molecule has 1 aromatic heterocycles. The van der Waals surface area contributed by atoms with Gasteiger partial charge in [-0.05, 0) is 37.5 Å². The minimum Gasteiger partial charge on any atom is -0.389 e.